The molecular weight excluding hydrogens is 491 g/mol. The quantitative estimate of drug-likeness (QED) is 0.282. The van der Waals surface area contributed by atoms with Gasteiger partial charge in [0.15, 0.2) is 0 Å². The maximum Gasteiger partial charge on any atom is 0.416 e. The van der Waals surface area contributed by atoms with Crippen molar-refractivity contribution >= 4 is 16.7 Å². The van der Waals surface area contributed by atoms with Crippen LogP contribution in [0.1, 0.15) is 34.3 Å². The maximum atomic E-state index is 13.0. The van der Waals surface area contributed by atoms with Crippen LogP contribution in [0.25, 0.3) is 33.0 Å². The van der Waals surface area contributed by atoms with Crippen LogP contribution in [0.2, 0.25) is 0 Å². The summed E-state index contributed by atoms with van der Waals surface area (Å²) in [6.45, 7) is 1.59. The Labute approximate surface area is 217 Å². The van der Waals surface area contributed by atoms with E-state index in [0.29, 0.717) is 16.5 Å². The molecule has 0 radical (unpaired) electrons. The van der Waals surface area contributed by atoms with Crippen LogP contribution in [0.4, 0.5) is 13.2 Å². The number of aromatic carboxylic acids is 1. The number of aliphatic hydroxyl groups is 1. The van der Waals surface area contributed by atoms with Crippen molar-refractivity contribution in [1.29, 1.82) is 0 Å². The second-order valence-corrected chi connectivity index (χ2v) is 10.4. The number of hydrogen-bond acceptors (Lipinski definition) is 3. The van der Waals surface area contributed by atoms with Crippen molar-refractivity contribution in [3.05, 3.63) is 95.6 Å². The fraction of sp³-hybridized carbons (Fsp3) is 0.258. The Morgan fingerprint density at radius 2 is 1.42 bits per heavy atom. The minimum absolute atomic E-state index is 0.121. The zero-order valence-corrected chi connectivity index (χ0v) is 20.4. The van der Waals surface area contributed by atoms with Gasteiger partial charge in [-0.3, -0.25) is 0 Å². The first-order chi connectivity index (χ1) is 18.1. The third-order valence-corrected chi connectivity index (χ3v) is 8.29. The van der Waals surface area contributed by atoms with Gasteiger partial charge in [-0.2, -0.15) is 13.2 Å². The zero-order valence-electron chi connectivity index (χ0n) is 20.4. The molecule has 7 heteroatoms. The molecule has 1 heterocycles. The van der Waals surface area contributed by atoms with Gasteiger partial charge in [0.1, 0.15) is 0 Å². The Bertz CT molecular complexity index is 1510. The van der Waals surface area contributed by atoms with Crippen LogP contribution >= 0.6 is 0 Å². The van der Waals surface area contributed by atoms with Gasteiger partial charge < -0.3 is 15.5 Å². The highest BCUT2D eigenvalue weighted by Crippen LogP contribution is 2.49. The second-order valence-electron chi connectivity index (χ2n) is 10.4. The average Bonchev–Trinajstić information content (AvgIpc) is 3.07. The molecule has 0 amide bonds. The minimum Gasteiger partial charge on any atom is -0.478 e. The molecule has 6 rings (SSSR count). The van der Waals surface area contributed by atoms with Crippen molar-refractivity contribution in [3.8, 4) is 22.3 Å². The molecule has 4 aromatic carbocycles. The lowest BCUT2D eigenvalue weighted by atomic mass is 9.75. The molecular formula is C31H26F3NO3. The molecule has 194 valence electrons. The predicted molar refractivity (Wildman–Crippen MR) is 140 cm³/mol. The highest BCUT2D eigenvalue weighted by atomic mass is 19.4. The van der Waals surface area contributed by atoms with E-state index in [-0.39, 0.29) is 17.4 Å². The number of carboxylic acids is 1. The Hall–Kier alpha value is -3.68. The second kappa shape index (κ2) is 8.96. The van der Waals surface area contributed by atoms with E-state index in [1.807, 2.05) is 36.4 Å². The lowest BCUT2D eigenvalue weighted by Crippen LogP contribution is -2.49. The molecule has 4 aromatic rings. The molecule has 3 N–H and O–H groups in total. The molecule has 1 saturated carbocycles. The van der Waals surface area contributed by atoms with Gasteiger partial charge in [-0.25, -0.2) is 4.79 Å². The fourth-order valence-corrected chi connectivity index (χ4v) is 6.27. The number of rotatable bonds is 4. The van der Waals surface area contributed by atoms with Gasteiger partial charge in [-0.15, -0.1) is 0 Å². The zero-order chi connectivity index (χ0) is 26.7. The highest BCUT2D eigenvalue weighted by molar-refractivity contribution is 6.04. The molecule has 0 spiro atoms. The van der Waals surface area contributed by atoms with Crippen LogP contribution in [-0.4, -0.2) is 29.3 Å². The Balaban J connectivity index is 1.40. The third kappa shape index (κ3) is 4.06. The van der Waals surface area contributed by atoms with Gasteiger partial charge in [-0.05, 0) is 81.8 Å². The number of fused-ring (bicyclic) bond motifs is 3. The largest absolute Gasteiger partial charge is 0.478 e. The molecule has 1 aliphatic heterocycles. The fourth-order valence-electron chi connectivity index (χ4n) is 6.27. The van der Waals surface area contributed by atoms with Crippen LogP contribution in [0.3, 0.4) is 0 Å². The van der Waals surface area contributed by atoms with Gasteiger partial charge in [0.25, 0.3) is 0 Å². The number of carbonyl (C=O) groups is 1. The van der Waals surface area contributed by atoms with Crippen molar-refractivity contribution in [3.63, 3.8) is 0 Å². The number of nitrogens with one attached hydrogen (secondary N) is 1. The number of alkyl halides is 3. The molecule has 1 saturated heterocycles. The summed E-state index contributed by atoms with van der Waals surface area (Å²) in [6, 6.07) is 21.4. The Kier molecular flexibility index (Phi) is 5.81. The first-order valence-electron chi connectivity index (χ1n) is 12.7. The average molecular weight is 518 g/mol. The number of halogens is 3. The smallest absolute Gasteiger partial charge is 0.416 e. The molecule has 38 heavy (non-hydrogen) atoms. The SMILES string of the molecule is O=C(O)c1cc(-c2ccc(C3(O)C4CCC3CNC4)cc2)c2ccc(-c3ccc(C(F)(F)F)cc3)cc2c1. The number of carboxylic acid groups (broad SMARTS) is 1. The molecule has 2 atom stereocenters. The van der Waals surface area contributed by atoms with Gasteiger partial charge >= 0.3 is 12.1 Å². The summed E-state index contributed by atoms with van der Waals surface area (Å²) in [7, 11) is 0. The van der Waals surface area contributed by atoms with E-state index in [4.69, 9.17) is 0 Å². The van der Waals surface area contributed by atoms with Crippen molar-refractivity contribution in [2.24, 2.45) is 11.8 Å². The van der Waals surface area contributed by atoms with Crippen LogP contribution in [-0.2, 0) is 11.8 Å². The topological polar surface area (TPSA) is 69.6 Å². The van der Waals surface area contributed by atoms with Crippen molar-refractivity contribution in [2.45, 2.75) is 24.6 Å². The number of hydrogen-bond donors (Lipinski definition) is 3. The minimum atomic E-state index is -4.41. The van der Waals surface area contributed by atoms with Crippen LogP contribution in [0.15, 0.2) is 78.9 Å². The van der Waals surface area contributed by atoms with Gasteiger partial charge in [0.2, 0.25) is 0 Å². The van der Waals surface area contributed by atoms with E-state index in [0.717, 1.165) is 60.1 Å². The summed E-state index contributed by atoms with van der Waals surface area (Å²) < 4.78 is 38.9. The van der Waals surface area contributed by atoms with Crippen molar-refractivity contribution < 1.29 is 28.2 Å². The van der Waals surface area contributed by atoms with Crippen LogP contribution < -0.4 is 5.32 Å². The van der Waals surface area contributed by atoms with E-state index in [1.165, 1.54) is 12.1 Å². The molecule has 0 aromatic heterocycles. The summed E-state index contributed by atoms with van der Waals surface area (Å²) in [5.74, 6) is -0.718. The van der Waals surface area contributed by atoms with Gasteiger partial charge in [0, 0.05) is 24.9 Å². The van der Waals surface area contributed by atoms with E-state index in [2.05, 4.69) is 5.32 Å². The summed E-state index contributed by atoms with van der Waals surface area (Å²) in [5, 5.41) is 26.3. The van der Waals surface area contributed by atoms with E-state index in [9.17, 15) is 28.2 Å². The predicted octanol–water partition coefficient (Wildman–Crippen LogP) is 6.71. The van der Waals surface area contributed by atoms with Gasteiger partial charge in [-0.1, -0.05) is 48.5 Å². The first kappa shape index (κ1) is 24.6. The standard InChI is InChI=1S/C31H26F3NO3/c32-31(33,34)24-8-1-18(2-9-24)20-5-12-27-21(13-20)14-22(29(36)37)15-28(27)19-3-6-23(7-4-19)30(38)25-10-11-26(30)17-35-16-25/h1-9,12-15,25-26,35,38H,10-11,16-17H2,(H,36,37). The van der Waals surface area contributed by atoms with E-state index in [1.54, 1.807) is 18.2 Å². The molecule has 2 fully saturated rings. The first-order valence-corrected chi connectivity index (χ1v) is 12.7. The van der Waals surface area contributed by atoms with Crippen LogP contribution in [0.5, 0.6) is 0 Å². The van der Waals surface area contributed by atoms with Crippen molar-refractivity contribution in [1.82, 2.24) is 5.32 Å². The summed E-state index contributed by atoms with van der Waals surface area (Å²) in [5.41, 5.74) is 2.30. The lowest BCUT2D eigenvalue weighted by Gasteiger charge is -2.40. The lowest BCUT2D eigenvalue weighted by molar-refractivity contribution is -0.137. The van der Waals surface area contributed by atoms with Crippen LogP contribution in [0, 0.1) is 11.8 Å². The summed E-state index contributed by atoms with van der Waals surface area (Å²) in [4.78, 5) is 12.0. The molecule has 2 aliphatic rings. The Morgan fingerprint density at radius 3 is 2.03 bits per heavy atom. The third-order valence-electron chi connectivity index (χ3n) is 8.29. The van der Waals surface area contributed by atoms with Gasteiger partial charge in [0.05, 0.1) is 16.7 Å². The maximum absolute atomic E-state index is 13.0. The van der Waals surface area contributed by atoms with Crippen molar-refractivity contribution in [2.75, 3.05) is 13.1 Å². The number of piperidine rings is 1. The molecule has 2 unspecified atom stereocenters. The molecule has 4 nitrogen and oxygen atoms in total. The van der Waals surface area contributed by atoms with E-state index < -0.39 is 23.3 Å². The summed E-state index contributed by atoms with van der Waals surface area (Å²) >= 11 is 0. The molecule has 1 aliphatic carbocycles. The highest BCUT2D eigenvalue weighted by Gasteiger charge is 2.51. The monoisotopic (exact) mass is 517 g/mol. The normalized spacial score (nSPS) is 23.1. The molecule has 2 bridgehead atoms. The number of benzene rings is 4. The van der Waals surface area contributed by atoms with E-state index >= 15 is 0 Å². The Morgan fingerprint density at radius 1 is 0.816 bits per heavy atom. The summed E-state index contributed by atoms with van der Waals surface area (Å²) in [6.07, 6.45) is -2.43.